The molecule has 0 fully saturated rings. The van der Waals surface area contributed by atoms with E-state index in [9.17, 15) is 8.42 Å². The molecule has 0 amide bonds. The van der Waals surface area contributed by atoms with E-state index >= 15 is 0 Å². The van der Waals surface area contributed by atoms with Crippen molar-refractivity contribution in [3.8, 4) is 0 Å². The summed E-state index contributed by atoms with van der Waals surface area (Å²) in [5.74, 6) is 0.840. The summed E-state index contributed by atoms with van der Waals surface area (Å²) in [5.41, 5.74) is 0. The summed E-state index contributed by atoms with van der Waals surface area (Å²) >= 11 is 6.57. The molecule has 0 aliphatic carbocycles. The van der Waals surface area contributed by atoms with Crippen LogP contribution in [0.2, 0.25) is 4.47 Å². The first kappa shape index (κ1) is 14.5. The molecule has 0 aliphatic rings. The average molecular weight is 321 g/mol. The summed E-state index contributed by atoms with van der Waals surface area (Å²) in [4.78, 5) is 3.73. The van der Waals surface area contributed by atoms with Crippen molar-refractivity contribution in [3.63, 3.8) is 0 Å². The standard InChI is InChI=1S/C11H13ClN2O3S2/c1-8(4-5-9-3-2-6-17-9)14-19(15,16)10-7-13-11(12)18-10/h2-3,6-8,14H,4-5H2,1H3. The predicted octanol–water partition coefficient (Wildman–Crippen LogP) is 2.69. The average Bonchev–Trinajstić information content (AvgIpc) is 2.96. The summed E-state index contributed by atoms with van der Waals surface area (Å²) in [6, 6.07) is 3.48. The third-order valence-corrected chi connectivity index (χ3v) is 5.65. The van der Waals surface area contributed by atoms with Crippen molar-refractivity contribution in [1.29, 1.82) is 0 Å². The lowest BCUT2D eigenvalue weighted by atomic mass is 10.2. The van der Waals surface area contributed by atoms with Gasteiger partial charge in [0.2, 0.25) is 0 Å². The molecule has 0 saturated carbocycles. The van der Waals surface area contributed by atoms with Crippen molar-refractivity contribution in [2.24, 2.45) is 0 Å². The van der Waals surface area contributed by atoms with Gasteiger partial charge in [-0.15, -0.1) is 0 Å². The molecule has 5 nitrogen and oxygen atoms in total. The van der Waals surface area contributed by atoms with Crippen LogP contribution in [0.15, 0.2) is 33.2 Å². The van der Waals surface area contributed by atoms with Gasteiger partial charge >= 0.3 is 0 Å². The van der Waals surface area contributed by atoms with Gasteiger partial charge in [0.25, 0.3) is 10.0 Å². The highest BCUT2D eigenvalue weighted by molar-refractivity contribution is 7.91. The van der Waals surface area contributed by atoms with Gasteiger partial charge in [-0.25, -0.2) is 18.1 Å². The molecule has 1 atom stereocenters. The lowest BCUT2D eigenvalue weighted by Crippen LogP contribution is -2.32. The van der Waals surface area contributed by atoms with Crippen LogP contribution in [0.4, 0.5) is 0 Å². The summed E-state index contributed by atoms with van der Waals surface area (Å²) < 4.78 is 32.1. The molecule has 2 heterocycles. The van der Waals surface area contributed by atoms with E-state index in [1.54, 1.807) is 6.26 Å². The van der Waals surface area contributed by atoms with Crippen LogP contribution in [0.3, 0.4) is 0 Å². The fraction of sp³-hybridized carbons (Fsp3) is 0.364. The van der Waals surface area contributed by atoms with Gasteiger partial charge in [0, 0.05) is 12.5 Å². The minimum Gasteiger partial charge on any atom is -0.469 e. The molecule has 8 heteroatoms. The van der Waals surface area contributed by atoms with E-state index in [1.807, 2.05) is 19.1 Å². The lowest BCUT2D eigenvalue weighted by molar-refractivity contribution is 0.480. The molecule has 1 N–H and O–H groups in total. The molecule has 0 radical (unpaired) electrons. The van der Waals surface area contributed by atoms with Gasteiger partial charge in [0.05, 0.1) is 12.5 Å². The summed E-state index contributed by atoms with van der Waals surface area (Å²) in [6.07, 6.45) is 4.19. The number of aryl methyl sites for hydroxylation is 1. The number of halogens is 1. The molecular formula is C11H13ClN2O3S2. The SMILES string of the molecule is CC(CCc1ccco1)NS(=O)(=O)c1cnc(Cl)s1. The number of furan rings is 1. The maximum atomic E-state index is 12.0. The quantitative estimate of drug-likeness (QED) is 0.888. The number of rotatable bonds is 6. The van der Waals surface area contributed by atoms with Crippen molar-refractivity contribution < 1.29 is 12.8 Å². The van der Waals surface area contributed by atoms with Crippen LogP contribution in [0.1, 0.15) is 19.1 Å². The maximum absolute atomic E-state index is 12.0. The topological polar surface area (TPSA) is 72.2 Å². The Kier molecular flexibility index (Phi) is 4.62. The van der Waals surface area contributed by atoms with E-state index in [-0.39, 0.29) is 14.7 Å². The third kappa shape index (κ3) is 4.04. The van der Waals surface area contributed by atoms with E-state index in [2.05, 4.69) is 9.71 Å². The monoisotopic (exact) mass is 320 g/mol. The van der Waals surface area contributed by atoms with Gasteiger partial charge in [0.15, 0.2) is 8.68 Å². The lowest BCUT2D eigenvalue weighted by Gasteiger charge is -2.12. The first-order chi connectivity index (χ1) is 8.97. The number of sulfonamides is 1. The first-order valence-electron chi connectivity index (χ1n) is 5.63. The number of nitrogens with zero attached hydrogens (tertiary/aromatic N) is 1. The van der Waals surface area contributed by atoms with Crippen LogP contribution in [0, 0.1) is 0 Å². The molecule has 0 bridgehead atoms. The van der Waals surface area contributed by atoms with Gasteiger partial charge < -0.3 is 4.42 Å². The van der Waals surface area contributed by atoms with Crippen molar-refractivity contribution >= 4 is 33.0 Å². The Hall–Kier alpha value is -0.890. The second kappa shape index (κ2) is 6.04. The Balaban J connectivity index is 1.92. The Bertz CT molecular complexity index is 622. The zero-order chi connectivity index (χ0) is 13.9. The molecule has 0 aromatic carbocycles. The highest BCUT2D eigenvalue weighted by Crippen LogP contribution is 2.22. The minimum atomic E-state index is -3.54. The molecule has 0 spiro atoms. The van der Waals surface area contributed by atoms with Crippen molar-refractivity contribution in [3.05, 3.63) is 34.8 Å². The second-order valence-electron chi connectivity index (χ2n) is 4.07. The second-order valence-corrected chi connectivity index (χ2v) is 7.63. The molecule has 1 unspecified atom stereocenters. The molecule has 0 aliphatic heterocycles. The number of hydrogen-bond donors (Lipinski definition) is 1. The van der Waals surface area contributed by atoms with Crippen molar-refractivity contribution in [2.75, 3.05) is 0 Å². The molecule has 0 saturated heterocycles. The van der Waals surface area contributed by atoms with E-state index < -0.39 is 10.0 Å². The molecule has 2 aromatic rings. The highest BCUT2D eigenvalue weighted by atomic mass is 35.5. The van der Waals surface area contributed by atoms with Crippen LogP contribution >= 0.6 is 22.9 Å². The molecule has 19 heavy (non-hydrogen) atoms. The van der Waals surface area contributed by atoms with Crippen LogP contribution in [-0.2, 0) is 16.4 Å². The number of nitrogens with one attached hydrogen (secondary N) is 1. The molecular weight excluding hydrogens is 308 g/mol. The Morgan fingerprint density at radius 1 is 1.58 bits per heavy atom. The van der Waals surface area contributed by atoms with E-state index in [4.69, 9.17) is 16.0 Å². The van der Waals surface area contributed by atoms with Crippen molar-refractivity contribution in [1.82, 2.24) is 9.71 Å². The van der Waals surface area contributed by atoms with Gasteiger partial charge in [0.1, 0.15) is 5.76 Å². The first-order valence-corrected chi connectivity index (χ1v) is 8.31. The smallest absolute Gasteiger partial charge is 0.251 e. The molecule has 2 rings (SSSR count). The zero-order valence-electron chi connectivity index (χ0n) is 10.2. The van der Waals surface area contributed by atoms with Gasteiger partial charge in [-0.3, -0.25) is 0 Å². The van der Waals surface area contributed by atoms with E-state index in [0.29, 0.717) is 12.8 Å². The largest absolute Gasteiger partial charge is 0.469 e. The number of hydrogen-bond acceptors (Lipinski definition) is 5. The third-order valence-electron chi connectivity index (χ3n) is 2.48. The molecule has 2 aromatic heterocycles. The van der Waals surface area contributed by atoms with E-state index in [0.717, 1.165) is 17.1 Å². The summed E-state index contributed by atoms with van der Waals surface area (Å²) in [6.45, 7) is 1.81. The van der Waals surface area contributed by atoms with Gasteiger partial charge in [-0.05, 0) is 25.5 Å². The number of thiazole rings is 1. The summed E-state index contributed by atoms with van der Waals surface area (Å²) in [5, 5.41) is 0. The Morgan fingerprint density at radius 3 is 2.95 bits per heavy atom. The normalized spacial score (nSPS) is 13.6. The molecule has 104 valence electrons. The Labute approximate surface area is 120 Å². The maximum Gasteiger partial charge on any atom is 0.251 e. The number of aromatic nitrogens is 1. The van der Waals surface area contributed by atoms with Crippen molar-refractivity contribution in [2.45, 2.75) is 30.0 Å². The van der Waals surface area contributed by atoms with Crippen LogP contribution in [0.25, 0.3) is 0 Å². The van der Waals surface area contributed by atoms with Crippen LogP contribution < -0.4 is 4.72 Å². The van der Waals surface area contributed by atoms with Gasteiger partial charge in [-0.2, -0.15) is 0 Å². The fourth-order valence-electron chi connectivity index (χ4n) is 1.56. The Morgan fingerprint density at radius 2 is 2.37 bits per heavy atom. The summed E-state index contributed by atoms with van der Waals surface area (Å²) in [7, 11) is -3.54. The van der Waals surface area contributed by atoms with Crippen LogP contribution in [-0.4, -0.2) is 19.4 Å². The predicted molar refractivity (Wildman–Crippen MR) is 73.9 cm³/mol. The fourth-order valence-corrected chi connectivity index (χ4v) is 4.15. The van der Waals surface area contributed by atoms with E-state index in [1.165, 1.54) is 6.20 Å². The van der Waals surface area contributed by atoms with Crippen LogP contribution in [0.5, 0.6) is 0 Å². The highest BCUT2D eigenvalue weighted by Gasteiger charge is 2.20. The zero-order valence-corrected chi connectivity index (χ0v) is 12.6. The van der Waals surface area contributed by atoms with Gasteiger partial charge in [-0.1, -0.05) is 22.9 Å². The minimum absolute atomic E-state index is 0.127.